The number of hydrogen-bond acceptors (Lipinski definition) is 3. The monoisotopic (exact) mass is 258 g/mol. The summed E-state index contributed by atoms with van der Waals surface area (Å²) in [7, 11) is 0. The fourth-order valence-electron chi connectivity index (χ4n) is 2.44. The molecule has 2 N–H and O–H groups in total. The van der Waals surface area contributed by atoms with Gasteiger partial charge in [0.1, 0.15) is 0 Å². The van der Waals surface area contributed by atoms with Gasteiger partial charge in [-0.2, -0.15) is 0 Å². The lowest BCUT2D eigenvalue weighted by atomic mass is 9.81. The van der Waals surface area contributed by atoms with Gasteiger partial charge < -0.3 is 15.3 Å². The van der Waals surface area contributed by atoms with E-state index in [4.69, 9.17) is 0 Å². The van der Waals surface area contributed by atoms with Gasteiger partial charge in [0.15, 0.2) is 0 Å². The molecule has 3 nitrogen and oxygen atoms in total. The van der Waals surface area contributed by atoms with Gasteiger partial charge in [-0.25, -0.2) is 0 Å². The maximum Gasteiger partial charge on any atom is 0.0558 e. The fourth-order valence-corrected chi connectivity index (χ4v) is 2.44. The van der Waals surface area contributed by atoms with Gasteiger partial charge in [0.05, 0.1) is 6.61 Å². The summed E-state index contributed by atoms with van der Waals surface area (Å²) in [5.74, 6) is 0. The summed E-state index contributed by atoms with van der Waals surface area (Å²) < 4.78 is 0. The van der Waals surface area contributed by atoms with Crippen LogP contribution in [0.1, 0.15) is 53.4 Å². The van der Waals surface area contributed by atoms with E-state index in [2.05, 4.69) is 37.9 Å². The second kappa shape index (κ2) is 10.8. The summed E-state index contributed by atoms with van der Waals surface area (Å²) >= 11 is 0. The van der Waals surface area contributed by atoms with E-state index in [1.165, 1.54) is 25.7 Å². The molecule has 0 spiro atoms. The summed E-state index contributed by atoms with van der Waals surface area (Å²) in [6.45, 7) is 14.4. The summed E-state index contributed by atoms with van der Waals surface area (Å²) in [6.07, 6.45) is 4.85. The first kappa shape index (κ1) is 17.9. The summed E-state index contributed by atoms with van der Waals surface area (Å²) in [6, 6.07) is 0. The van der Waals surface area contributed by atoms with Crippen LogP contribution in [-0.4, -0.2) is 49.3 Å². The normalized spacial score (nSPS) is 12.3. The maximum absolute atomic E-state index is 9.20. The Morgan fingerprint density at radius 3 is 2.17 bits per heavy atom. The third-order valence-corrected chi connectivity index (χ3v) is 4.05. The van der Waals surface area contributed by atoms with Crippen LogP contribution in [0.25, 0.3) is 0 Å². The first-order chi connectivity index (χ1) is 8.67. The van der Waals surface area contributed by atoms with Crippen LogP contribution >= 0.6 is 0 Å². The van der Waals surface area contributed by atoms with E-state index in [1.807, 2.05) is 0 Å². The molecule has 0 saturated carbocycles. The molecule has 0 aliphatic carbocycles. The third kappa shape index (κ3) is 6.72. The van der Waals surface area contributed by atoms with Crippen molar-refractivity contribution in [3.8, 4) is 0 Å². The van der Waals surface area contributed by atoms with E-state index in [0.717, 1.165) is 32.7 Å². The van der Waals surface area contributed by atoms with Crippen molar-refractivity contribution in [2.24, 2.45) is 5.41 Å². The quantitative estimate of drug-likeness (QED) is 0.564. The minimum absolute atomic E-state index is 0.272. The zero-order chi connectivity index (χ0) is 13.9. The summed E-state index contributed by atoms with van der Waals surface area (Å²) in [5.41, 5.74) is 0.360. The number of rotatable bonds is 12. The second-order valence-corrected chi connectivity index (χ2v) is 5.34. The molecule has 0 rings (SSSR count). The van der Waals surface area contributed by atoms with Crippen LogP contribution in [0.2, 0.25) is 0 Å². The molecule has 0 bridgehead atoms. The van der Waals surface area contributed by atoms with Gasteiger partial charge in [-0.15, -0.1) is 0 Å². The van der Waals surface area contributed by atoms with Crippen LogP contribution in [0.3, 0.4) is 0 Å². The predicted molar refractivity (Wildman–Crippen MR) is 80.0 cm³/mol. The highest BCUT2D eigenvalue weighted by Gasteiger charge is 2.27. The first-order valence-electron chi connectivity index (χ1n) is 7.71. The predicted octanol–water partition coefficient (Wildman–Crippen LogP) is 2.50. The van der Waals surface area contributed by atoms with Crippen LogP contribution in [-0.2, 0) is 0 Å². The Bertz CT molecular complexity index is 181. The average Bonchev–Trinajstić information content (AvgIpc) is 2.41. The molecule has 0 fully saturated rings. The molecule has 0 aromatic rings. The van der Waals surface area contributed by atoms with Crippen molar-refractivity contribution < 1.29 is 5.11 Å². The highest BCUT2D eigenvalue weighted by Crippen LogP contribution is 2.27. The largest absolute Gasteiger partial charge is 0.395 e. The Balaban J connectivity index is 4.46. The minimum Gasteiger partial charge on any atom is -0.395 e. The Morgan fingerprint density at radius 1 is 1.06 bits per heavy atom. The fraction of sp³-hybridized carbons (Fsp3) is 1.00. The molecule has 0 radical (unpaired) electrons. The van der Waals surface area contributed by atoms with Gasteiger partial charge in [-0.1, -0.05) is 34.1 Å². The summed E-state index contributed by atoms with van der Waals surface area (Å²) in [4.78, 5) is 2.44. The molecular formula is C15H34N2O. The van der Waals surface area contributed by atoms with Crippen molar-refractivity contribution >= 4 is 0 Å². The van der Waals surface area contributed by atoms with Crippen LogP contribution in [0.4, 0.5) is 0 Å². The molecule has 0 amide bonds. The zero-order valence-corrected chi connectivity index (χ0v) is 13.0. The van der Waals surface area contributed by atoms with Crippen molar-refractivity contribution in [2.75, 3.05) is 39.3 Å². The Kier molecular flexibility index (Phi) is 10.7. The van der Waals surface area contributed by atoms with E-state index in [1.54, 1.807) is 0 Å². The molecule has 0 saturated heterocycles. The number of aliphatic hydroxyl groups is 1. The molecule has 0 unspecified atom stereocenters. The molecule has 0 aromatic carbocycles. The Labute approximate surface area is 114 Å². The molecular weight excluding hydrogens is 224 g/mol. The Hall–Kier alpha value is -0.120. The zero-order valence-electron chi connectivity index (χ0n) is 13.0. The number of aliphatic hydroxyl groups excluding tert-OH is 1. The number of nitrogens with zero attached hydrogens (tertiary/aromatic N) is 1. The molecule has 3 heteroatoms. The molecule has 0 aliphatic heterocycles. The van der Waals surface area contributed by atoms with Gasteiger partial charge in [0.25, 0.3) is 0 Å². The standard InChI is InChI=1S/C15H34N2O/c1-5-9-10-17(11-12-18)14-15(6-2,7-3)13-16-8-4/h16,18H,5-14H2,1-4H3. The molecule has 0 heterocycles. The van der Waals surface area contributed by atoms with E-state index in [0.29, 0.717) is 5.41 Å². The highest BCUT2D eigenvalue weighted by atomic mass is 16.3. The lowest BCUT2D eigenvalue weighted by molar-refractivity contribution is 0.113. The van der Waals surface area contributed by atoms with Crippen LogP contribution in [0, 0.1) is 5.41 Å². The van der Waals surface area contributed by atoms with Crippen molar-refractivity contribution in [3.63, 3.8) is 0 Å². The van der Waals surface area contributed by atoms with Crippen molar-refractivity contribution in [1.82, 2.24) is 10.2 Å². The second-order valence-electron chi connectivity index (χ2n) is 5.34. The SMILES string of the molecule is CCCCN(CCO)CC(CC)(CC)CNCC. The van der Waals surface area contributed by atoms with Crippen LogP contribution < -0.4 is 5.32 Å². The van der Waals surface area contributed by atoms with E-state index >= 15 is 0 Å². The number of hydrogen-bond donors (Lipinski definition) is 2. The van der Waals surface area contributed by atoms with Gasteiger partial charge in [-0.05, 0) is 37.8 Å². The Morgan fingerprint density at radius 2 is 1.72 bits per heavy atom. The van der Waals surface area contributed by atoms with Gasteiger partial charge in [0.2, 0.25) is 0 Å². The van der Waals surface area contributed by atoms with Crippen LogP contribution in [0.5, 0.6) is 0 Å². The lowest BCUT2D eigenvalue weighted by Gasteiger charge is -2.37. The number of unbranched alkanes of at least 4 members (excludes halogenated alkanes) is 1. The minimum atomic E-state index is 0.272. The molecule has 18 heavy (non-hydrogen) atoms. The summed E-state index contributed by atoms with van der Waals surface area (Å²) in [5, 5.41) is 12.7. The van der Waals surface area contributed by atoms with E-state index in [9.17, 15) is 5.11 Å². The van der Waals surface area contributed by atoms with Crippen molar-refractivity contribution in [2.45, 2.75) is 53.4 Å². The van der Waals surface area contributed by atoms with Gasteiger partial charge in [-0.3, -0.25) is 0 Å². The van der Waals surface area contributed by atoms with Gasteiger partial charge >= 0.3 is 0 Å². The molecule has 0 atom stereocenters. The van der Waals surface area contributed by atoms with Crippen LogP contribution in [0.15, 0.2) is 0 Å². The first-order valence-corrected chi connectivity index (χ1v) is 7.71. The smallest absolute Gasteiger partial charge is 0.0558 e. The lowest BCUT2D eigenvalue weighted by Crippen LogP contribution is -2.44. The molecule has 0 aliphatic rings. The van der Waals surface area contributed by atoms with E-state index < -0.39 is 0 Å². The van der Waals surface area contributed by atoms with Crippen molar-refractivity contribution in [1.29, 1.82) is 0 Å². The maximum atomic E-state index is 9.20. The number of nitrogens with one attached hydrogen (secondary N) is 1. The third-order valence-electron chi connectivity index (χ3n) is 4.05. The molecule has 0 aromatic heterocycles. The molecule has 110 valence electrons. The van der Waals surface area contributed by atoms with Crippen molar-refractivity contribution in [3.05, 3.63) is 0 Å². The average molecular weight is 258 g/mol. The van der Waals surface area contributed by atoms with Gasteiger partial charge in [0, 0.05) is 19.6 Å². The highest BCUT2D eigenvalue weighted by molar-refractivity contribution is 4.83. The van der Waals surface area contributed by atoms with E-state index in [-0.39, 0.29) is 6.61 Å². The topological polar surface area (TPSA) is 35.5 Å².